The Morgan fingerprint density at radius 2 is 1.92 bits per heavy atom. The Hall–Kier alpha value is -0.370. The van der Waals surface area contributed by atoms with Gasteiger partial charge in [0.1, 0.15) is 6.29 Å². The highest BCUT2D eigenvalue weighted by atomic mass is 16.3. The van der Waals surface area contributed by atoms with Gasteiger partial charge in [-0.05, 0) is 24.2 Å². The minimum absolute atomic E-state index is 0.102. The molecule has 0 aromatic heterocycles. The monoisotopic (exact) mass is 184 g/mol. The fourth-order valence-corrected chi connectivity index (χ4v) is 1.95. The van der Waals surface area contributed by atoms with Crippen molar-refractivity contribution in [3.05, 3.63) is 0 Å². The molecule has 1 aliphatic rings. The molecule has 2 atom stereocenters. The normalized spacial score (nSPS) is 33.1. The zero-order valence-electron chi connectivity index (χ0n) is 9.00. The van der Waals surface area contributed by atoms with Gasteiger partial charge >= 0.3 is 0 Å². The Kier molecular flexibility index (Phi) is 2.54. The molecule has 2 unspecified atom stereocenters. The van der Waals surface area contributed by atoms with E-state index in [1.807, 2.05) is 13.8 Å². The molecule has 1 fully saturated rings. The molecule has 1 N–H and O–H groups in total. The third-order valence-electron chi connectivity index (χ3n) is 3.55. The van der Waals surface area contributed by atoms with Crippen LogP contribution < -0.4 is 0 Å². The van der Waals surface area contributed by atoms with E-state index in [0.29, 0.717) is 6.42 Å². The molecule has 0 radical (unpaired) electrons. The van der Waals surface area contributed by atoms with Gasteiger partial charge in [0.15, 0.2) is 0 Å². The second-order valence-electron chi connectivity index (χ2n) is 5.35. The summed E-state index contributed by atoms with van der Waals surface area (Å²) in [5, 5.41) is 9.71. The van der Waals surface area contributed by atoms with E-state index >= 15 is 0 Å². The van der Waals surface area contributed by atoms with Crippen molar-refractivity contribution < 1.29 is 9.90 Å². The Bertz CT molecular complexity index is 208. The van der Waals surface area contributed by atoms with Crippen molar-refractivity contribution in [2.75, 3.05) is 0 Å². The minimum Gasteiger partial charge on any atom is -0.393 e. The fraction of sp³-hybridized carbons (Fsp3) is 0.909. The summed E-state index contributed by atoms with van der Waals surface area (Å²) in [6.45, 7) is 8.15. The van der Waals surface area contributed by atoms with Gasteiger partial charge in [0.2, 0.25) is 0 Å². The number of hydrogen-bond acceptors (Lipinski definition) is 2. The molecule has 0 bridgehead atoms. The molecule has 1 aliphatic carbocycles. The van der Waals surface area contributed by atoms with Crippen LogP contribution in [-0.2, 0) is 4.79 Å². The van der Waals surface area contributed by atoms with Gasteiger partial charge in [-0.2, -0.15) is 0 Å². The molecule has 2 heteroatoms. The van der Waals surface area contributed by atoms with E-state index in [9.17, 15) is 9.90 Å². The molecule has 0 aromatic carbocycles. The topological polar surface area (TPSA) is 37.3 Å². The van der Waals surface area contributed by atoms with Crippen LogP contribution in [0.2, 0.25) is 0 Å². The van der Waals surface area contributed by atoms with Crippen LogP contribution in [0, 0.1) is 16.7 Å². The summed E-state index contributed by atoms with van der Waals surface area (Å²) in [5.74, 6) is 0.244. The number of carbonyl (C=O) groups is 1. The van der Waals surface area contributed by atoms with Crippen molar-refractivity contribution in [3.63, 3.8) is 0 Å². The highest BCUT2D eigenvalue weighted by Crippen LogP contribution is 2.64. The van der Waals surface area contributed by atoms with Gasteiger partial charge in [0, 0.05) is 5.41 Å². The quantitative estimate of drug-likeness (QED) is 0.679. The first-order valence-corrected chi connectivity index (χ1v) is 4.99. The van der Waals surface area contributed by atoms with Crippen LogP contribution in [0.1, 0.15) is 40.5 Å². The van der Waals surface area contributed by atoms with Crippen LogP contribution in [0.5, 0.6) is 0 Å². The smallest absolute Gasteiger partial charge is 0.126 e. The minimum atomic E-state index is -0.341. The number of aliphatic hydroxyl groups excluding tert-OH is 1. The van der Waals surface area contributed by atoms with Gasteiger partial charge in [0.05, 0.1) is 6.10 Å². The zero-order chi connectivity index (χ0) is 10.3. The van der Waals surface area contributed by atoms with E-state index < -0.39 is 0 Å². The van der Waals surface area contributed by atoms with E-state index in [2.05, 4.69) is 13.8 Å². The molecule has 76 valence electrons. The van der Waals surface area contributed by atoms with E-state index in [0.717, 1.165) is 12.7 Å². The van der Waals surface area contributed by atoms with Crippen molar-refractivity contribution in [1.82, 2.24) is 0 Å². The average Bonchev–Trinajstić information content (AvgIpc) is 2.54. The van der Waals surface area contributed by atoms with E-state index in [-0.39, 0.29) is 22.9 Å². The Balaban J connectivity index is 2.58. The maximum atomic E-state index is 11.0. The van der Waals surface area contributed by atoms with Crippen LogP contribution in [0.25, 0.3) is 0 Å². The molecular weight excluding hydrogens is 164 g/mol. The van der Waals surface area contributed by atoms with Crippen LogP contribution in [0.3, 0.4) is 0 Å². The summed E-state index contributed by atoms with van der Waals surface area (Å²) in [5.41, 5.74) is -0.138. The summed E-state index contributed by atoms with van der Waals surface area (Å²) in [7, 11) is 0. The molecule has 0 aromatic rings. The average molecular weight is 184 g/mol. The molecule has 1 rings (SSSR count). The van der Waals surface area contributed by atoms with Gasteiger partial charge in [-0.3, -0.25) is 0 Å². The van der Waals surface area contributed by atoms with Crippen molar-refractivity contribution in [2.24, 2.45) is 16.7 Å². The van der Waals surface area contributed by atoms with Crippen LogP contribution in [0.15, 0.2) is 0 Å². The van der Waals surface area contributed by atoms with Gasteiger partial charge in [0.25, 0.3) is 0 Å². The maximum absolute atomic E-state index is 11.0. The first-order chi connectivity index (χ1) is 5.84. The fourth-order valence-electron chi connectivity index (χ4n) is 1.95. The molecule has 0 aliphatic heterocycles. The van der Waals surface area contributed by atoms with Gasteiger partial charge in [-0.1, -0.05) is 27.7 Å². The highest BCUT2D eigenvalue weighted by molar-refractivity contribution is 5.66. The SMILES string of the molecule is CC(C)C(O)CC1(C=O)CC1(C)C. The summed E-state index contributed by atoms with van der Waals surface area (Å²) >= 11 is 0. The van der Waals surface area contributed by atoms with Crippen LogP contribution in [-0.4, -0.2) is 17.5 Å². The number of aldehydes is 1. The standard InChI is InChI=1S/C11H20O2/c1-8(2)9(13)5-11(7-12)6-10(11,3)4/h7-9,13H,5-6H2,1-4H3. The molecule has 0 spiro atoms. The number of rotatable bonds is 4. The van der Waals surface area contributed by atoms with Gasteiger partial charge in [-0.15, -0.1) is 0 Å². The molecular formula is C11H20O2. The predicted octanol–water partition coefficient (Wildman–Crippen LogP) is 2.01. The lowest BCUT2D eigenvalue weighted by molar-refractivity contribution is -0.114. The van der Waals surface area contributed by atoms with Gasteiger partial charge in [-0.25, -0.2) is 0 Å². The van der Waals surface area contributed by atoms with E-state index in [1.54, 1.807) is 0 Å². The summed E-state index contributed by atoms with van der Waals surface area (Å²) in [4.78, 5) is 11.0. The number of carbonyl (C=O) groups excluding carboxylic acids is 1. The lowest BCUT2D eigenvalue weighted by Gasteiger charge is -2.20. The van der Waals surface area contributed by atoms with Crippen molar-refractivity contribution in [2.45, 2.75) is 46.6 Å². The summed E-state index contributed by atoms with van der Waals surface area (Å²) in [6.07, 6.45) is 2.25. The maximum Gasteiger partial charge on any atom is 0.126 e. The van der Waals surface area contributed by atoms with Crippen LogP contribution in [0.4, 0.5) is 0 Å². The largest absolute Gasteiger partial charge is 0.393 e. The van der Waals surface area contributed by atoms with Crippen molar-refractivity contribution in [1.29, 1.82) is 0 Å². The molecule has 1 saturated carbocycles. The van der Waals surface area contributed by atoms with E-state index in [4.69, 9.17) is 0 Å². The lowest BCUT2D eigenvalue weighted by atomic mass is 9.88. The molecule has 0 saturated heterocycles. The molecule has 2 nitrogen and oxygen atoms in total. The second-order valence-corrected chi connectivity index (χ2v) is 5.35. The molecule has 0 heterocycles. The zero-order valence-corrected chi connectivity index (χ0v) is 9.00. The van der Waals surface area contributed by atoms with Gasteiger partial charge < -0.3 is 9.90 Å². The Morgan fingerprint density at radius 3 is 2.15 bits per heavy atom. The van der Waals surface area contributed by atoms with Crippen LogP contribution >= 0.6 is 0 Å². The first kappa shape index (κ1) is 10.7. The summed E-state index contributed by atoms with van der Waals surface area (Å²) in [6, 6.07) is 0. The predicted molar refractivity (Wildman–Crippen MR) is 52.4 cm³/mol. The molecule has 13 heavy (non-hydrogen) atoms. The number of aliphatic hydroxyl groups is 1. The lowest BCUT2D eigenvalue weighted by Crippen LogP contribution is -2.23. The first-order valence-electron chi connectivity index (χ1n) is 4.99. The Morgan fingerprint density at radius 1 is 1.46 bits per heavy atom. The second kappa shape index (κ2) is 3.09. The number of hydrogen-bond donors (Lipinski definition) is 1. The third kappa shape index (κ3) is 1.78. The van der Waals surface area contributed by atoms with Crippen molar-refractivity contribution >= 4 is 6.29 Å². The molecule has 0 amide bonds. The van der Waals surface area contributed by atoms with Crippen molar-refractivity contribution in [3.8, 4) is 0 Å². The Labute approximate surface area is 80.3 Å². The summed E-state index contributed by atoms with van der Waals surface area (Å²) < 4.78 is 0. The highest BCUT2D eigenvalue weighted by Gasteiger charge is 2.61. The third-order valence-corrected chi connectivity index (χ3v) is 3.55. The van der Waals surface area contributed by atoms with E-state index in [1.165, 1.54) is 0 Å².